The van der Waals surface area contributed by atoms with Crippen LogP contribution < -0.4 is 5.63 Å². The smallest absolute Gasteiger partial charge is 0.344 e. The second-order valence-electron chi connectivity index (χ2n) is 4.62. The molecule has 1 aromatic heterocycles. The highest BCUT2D eigenvalue weighted by molar-refractivity contribution is 9.09. The van der Waals surface area contributed by atoms with Crippen LogP contribution in [0.15, 0.2) is 63.8 Å². The predicted octanol–water partition coefficient (Wildman–Crippen LogP) is 4.04. The molecule has 3 nitrogen and oxygen atoms in total. The zero-order valence-electron chi connectivity index (χ0n) is 11.0. The standard InChI is InChI=1S/C17H11BrO3/c18-10-15(19)12-7-5-11(6-8-12)14-9-13-3-1-2-4-16(13)21-17(14)20/h1-9H,10H2. The van der Waals surface area contributed by atoms with Crippen LogP contribution in [0.3, 0.4) is 0 Å². The second-order valence-corrected chi connectivity index (χ2v) is 5.18. The van der Waals surface area contributed by atoms with Gasteiger partial charge in [0.2, 0.25) is 0 Å². The van der Waals surface area contributed by atoms with E-state index in [0.717, 1.165) is 10.9 Å². The summed E-state index contributed by atoms with van der Waals surface area (Å²) in [5.74, 6) is 0.00657. The molecule has 0 radical (unpaired) electrons. The van der Waals surface area contributed by atoms with Crippen LogP contribution in [0.5, 0.6) is 0 Å². The Morgan fingerprint density at radius 3 is 2.48 bits per heavy atom. The highest BCUT2D eigenvalue weighted by Gasteiger charge is 2.09. The minimum absolute atomic E-state index is 0.00657. The number of alkyl halides is 1. The van der Waals surface area contributed by atoms with Crippen molar-refractivity contribution in [2.75, 3.05) is 5.33 Å². The topological polar surface area (TPSA) is 47.3 Å². The summed E-state index contributed by atoms with van der Waals surface area (Å²) in [6.45, 7) is 0. The Kier molecular flexibility index (Phi) is 3.71. The summed E-state index contributed by atoms with van der Waals surface area (Å²) in [6.07, 6.45) is 0. The Hall–Kier alpha value is -2.20. The molecule has 0 atom stereocenters. The molecule has 0 saturated carbocycles. The molecule has 3 aromatic rings. The van der Waals surface area contributed by atoms with Gasteiger partial charge >= 0.3 is 5.63 Å². The average Bonchev–Trinajstić information content (AvgIpc) is 2.53. The minimum Gasteiger partial charge on any atom is -0.422 e. The van der Waals surface area contributed by atoms with E-state index in [1.807, 2.05) is 24.3 Å². The third kappa shape index (κ3) is 2.67. The molecule has 0 fully saturated rings. The van der Waals surface area contributed by atoms with Gasteiger partial charge in [-0.25, -0.2) is 4.79 Å². The molecule has 0 spiro atoms. The van der Waals surface area contributed by atoms with Crippen LogP contribution in [0.2, 0.25) is 0 Å². The summed E-state index contributed by atoms with van der Waals surface area (Å²) in [5, 5.41) is 1.15. The molecule has 0 aliphatic heterocycles. The maximum Gasteiger partial charge on any atom is 0.344 e. The van der Waals surface area contributed by atoms with Gasteiger partial charge in [0.15, 0.2) is 5.78 Å². The quantitative estimate of drug-likeness (QED) is 0.410. The number of halogens is 1. The van der Waals surface area contributed by atoms with E-state index in [-0.39, 0.29) is 16.7 Å². The van der Waals surface area contributed by atoms with Crippen molar-refractivity contribution in [1.29, 1.82) is 0 Å². The molecule has 1 heterocycles. The van der Waals surface area contributed by atoms with E-state index in [1.165, 1.54) is 0 Å². The van der Waals surface area contributed by atoms with E-state index in [0.29, 0.717) is 16.7 Å². The number of ketones is 1. The fourth-order valence-corrected chi connectivity index (χ4v) is 2.50. The van der Waals surface area contributed by atoms with Crippen LogP contribution in [-0.2, 0) is 0 Å². The Balaban J connectivity index is 2.09. The molecule has 21 heavy (non-hydrogen) atoms. The molecular formula is C17H11BrO3. The number of benzene rings is 2. The molecule has 0 N–H and O–H groups in total. The lowest BCUT2D eigenvalue weighted by atomic mass is 10.0. The van der Waals surface area contributed by atoms with Crippen molar-refractivity contribution < 1.29 is 9.21 Å². The third-order valence-electron chi connectivity index (χ3n) is 3.28. The molecule has 3 rings (SSSR count). The molecule has 0 saturated heterocycles. The van der Waals surface area contributed by atoms with Gasteiger partial charge in [0.1, 0.15) is 5.58 Å². The number of fused-ring (bicyclic) bond motifs is 1. The summed E-state index contributed by atoms with van der Waals surface area (Å²) in [7, 11) is 0. The fraction of sp³-hybridized carbons (Fsp3) is 0.0588. The van der Waals surface area contributed by atoms with Crippen molar-refractivity contribution in [3.63, 3.8) is 0 Å². The van der Waals surface area contributed by atoms with Crippen LogP contribution in [0.4, 0.5) is 0 Å². The molecule has 0 aliphatic rings. The lowest BCUT2D eigenvalue weighted by molar-refractivity contribution is 0.102. The molecule has 4 heteroatoms. The molecule has 0 amide bonds. The van der Waals surface area contributed by atoms with Gasteiger partial charge in [-0.1, -0.05) is 58.4 Å². The highest BCUT2D eigenvalue weighted by atomic mass is 79.9. The van der Waals surface area contributed by atoms with E-state index in [1.54, 1.807) is 30.3 Å². The normalized spacial score (nSPS) is 10.7. The predicted molar refractivity (Wildman–Crippen MR) is 86.0 cm³/mol. The molecular weight excluding hydrogens is 332 g/mol. The van der Waals surface area contributed by atoms with Crippen LogP contribution in [0.25, 0.3) is 22.1 Å². The first-order valence-corrected chi connectivity index (χ1v) is 7.53. The molecule has 0 aliphatic carbocycles. The maximum atomic E-state index is 12.1. The van der Waals surface area contributed by atoms with Gasteiger partial charge in [-0.2, -0.15) is 0 Å². The van der Waals surface area contributed by atoms with Crippen LogP contribution in [-0.4, -0.2) is 11.1 Å². The van der Waals surface area contributed by atoms with Gasteiger partial charge in [-0.05, 0) is 17.7 Å². The van der Waals surface area contributed by atoms with Crippen molar-refractivity contribution >= 4 is 32.7 Å². The zero-order chi connectivity index (χ0) is 14.8. The van der Waals surface area contributed by atoms with Crippen LogP contribution >= 0.6 is 15.9 Å². The number of hydrogen-bond acceptors (Lipinski definition) is 3. The highest BCUT2D eigenvalue weighted by Crippen LogP contribution is 2.21. The summed E-state index contributed by atoms with van der Waals surface area (Å²) in [6, 6.07) is 16.1. The lowest BCUT2D eigenvalue weighted by Gasteiger charge is -2.03. The zero-order valence-corrected chi connectivity index (χ0v) is 12.6. The largest absolute Gasteiger partial charge is 0.422 e. The van der Waals surface area contributed by atoms with Crippen molar-refractivity contribution in [2.24, 2.45) is 0 Å². The minimum atomic E-state index is -0.381. The monoisotopic (exact) mass is 342 g/mol. The maximum absolute atomic E-state index is 12.1. The Bertz CT molecular complexity index is 863. The Morgan fingerprint density at radius 1 is 1.05 bits per heavy atom. The van der Waals surface area contributed by atoms with E-state index >= 15 is 0 Å². The number of Topliss-reactive ketones (excluding diaryl/α,β-unsaturated/α-hetero) is 1. The van der Waals surface area contributed by atoms with E-state index < -0.39 is 0 Å². The average molecular weight is 343 g/mol. The molecule has 104 valence electrons. The summed E-state index contributed by atoms with van der Waals surface area (Å²) < 4.78 is 5.32. The van der Waals surface area contributed by atoms with Gasteiger partial charge in [-0.15, -0.1) is 0 Å². The SMILES string of the molecule is O=C(CBr)c1ccc(-c2cc3ccccc3oc2=O)cc1. The first-order chi connectivity index (χ1) is 10.2. The molecule has 2 aromatic carbocycles. The number of carbonyl (C=O) groups is 1. The van der Waals surface area contributed by atoms with Gasteiger partial charge in [0, 0.05) is 10.9 Å². The Morgan fingerprint density at radius 2 is 1.76 bits per heavy atom. The van der Waals surface area contributed by atoms with Crippen molar-refractivity contribution in [1.82, 2.24) is 0 Å². The van der Waals surface area contributed by atoms with Crippen molar-refractivity contribution in [3.8, 4) is 11.1 Å². The van der Waals surface area contributed by atoms with Crippen LogP contribution in [0.1, 0.15) is 10.4 Å². The van der Waals surface area contributed by atoms with E-state index in [9.17, 15) is 9.59 Å². The number of rotatable bonds is 3. The van der Waals surface area contributed by atoms with Gasteiger partial charge in [-0.3, -0.25) is 4.79 Å². The lowest BCUT2D eigenvalue weighted by Crippen LogP contribution is -2.03. The van der Waals surface area contributed by atoms with Crippen LogP contribution in [0, 0.1) is 0 Å². The van der Waals surface area contributed by atoms with Gasteiger partial charge in [0.05, 0.1) is 10.9 Å². The van der Waals surface area contributed by atoms with Gasteiger partial charge < -0.3 is 4.42 Å². The van der Waals surface area contributed by atoms with Crippen molar-refractivity contribution in [3.05, 3.63) is 70.6 Å². The summed E-state index contributed by atoms with van der Waals surface area (Å²) in [5.41, 5.74) is 2.03. The fourth-order valence-electron chi connectivity index (χ4n) is 2.18. The van der Waals surface area contributed by atoms with Gasteiger partial charge in [0.25, 0.3) is 0 Å². The van der Waals surface area contributed by atoms with E-state index in [2.05, 4.69) is 15.9 Å². The summed E-state index contributed by atoms with van der Waals surface area (Å²) in [4.78, 5) is 23.6. The molecule has 0 bridgehead atoms. The summed E-state index contributed by atoms with van der Waals surface area (Å²) >= 11 is 3.14. The first kappa shape index (κ1) is 13.8. The Labute approximate surface area is 129 Å². The molecule has 0 unspecified atom stereocenters. The van der Waals surface area contributed by atoms with E-state index in [4.69, 9.17) is 4.42 Å². The number of carbonyl (C=O) groups excluding carboxylic acids is 1. The second kappa shape index (κ2) is 5.66. The van der Waals surface area contributed by atoms with Crippen molar-refractivity contribution in [2.45, 2.75) is 0 Å². The third-order valence-corrected chi connectivity index (χ3v) is 3.79. The first-order valence-electron chi connectivity index (χ1n) is 6.41. The number of hydrogen-bond donors (Lipinski definition) is 0. The number of para-hydroxylation sites is 1.